The zero-order chi connectivity index (χ0) is 14.2. The Hall–Kier alpha value is -1.99. The van der Waals surface area contributed by atoms with E-state index in [1.165, 1.54) is 0 Å². The van der Waals surface area contributed by atoms with Crippen LogP contribution in [0.5, 0.6) is 0 Å². The normalized spacial score (nSPS) is 11.8. The topological polar surface area (TPSA) is 85.9 Å². The van der Waals surface area contributed by atoms with Crippen LogP contribution in [0.4, 0.5) is 5.69 Å². The van der Waals surface area contributed by atoms with Crippen LogP contribution < -0.4 is 5.73 Å². The lowest BCUT2D eigenvalue weighted by molar-refractivity contribution is 0.594. The first-order valence-electron chi connectivity index (χ1n) is 5.82. The number of hydrogen-bond donors (Lipinski definition) is 1. The van der Waals surface area contributed by atoms with Crippen LogP contribution in [0.1, 0.15) is 5.56 Å². The summed E-state index contributed by atoms with van der Waals surface area (Å²) in [7, 11) is -3.46. The van der Waals surface area contributed by atoms with E-state index in [9.17, 15) is 8.42 Å². The highest BCUT2D eigenvalue weighted by atomic mass is 32.2. The van der Waals surface area contributed by atoms with Gasteiger partial charge in [0.15, 0.2) is 0 Å². The van der Waals surface area contributed by atoms with E-state index in [4.69, 9.17) is 5.73 Å². The molecule has 0 saturated carbocycles. The number of sulfone groups is 1. The van der Waals surface area contributed by atoms with Crippen molar-refractivity contribution in [1.29, 1.82) is 0 Å². The van der Waals surface area contributed by atoms with Crippen molar-refractivity contribution in [3.63, 3.8) is 0 Å². The van der Waals surface area contributed by atoms with E-state index in [0.717, 1.165) is 16.0 Å². The highest BCUT2D eigenvalue weighted by Gasteiger charge is 2.20. The van der Waals surface area contributed by atoms with E-state index in [1.54, 1.807) is 42.7 Å². The molecule has 0 amide bonds. The number of thiazole rings is 1. The van der Waals surface area contributed by atoms with Crippen molar-refractivity contribution in [2.75, 3.05) is 5.73 Å². The Morgan fingerprint density at radius 3 is 2.85 bits per heavy atom. The molecule has 1 aromatic carbocycles. The van der Waals surface area contributed by atoms with Gasteiger partial charge >= 0.3 is 0 Å². The molecule has 2 aromatic heterocycles. The van der Waals surface area contributed by atoms with Gasteiger partial charge in [-0.1, -0.05) is 6.07 Å². The maximum Gasteiger partial charge on any atom is 0.210 e. The Morgan fingerprint density at radius 1 is 1.25 bits per heavy atom. The molecule has 0 aliphatic carbocycles. The zero-order valence-corrected chi connectivity index (χ0v) is 12.0. The molecule has 0 saturated heterocycles. The van der Waals surface area contributed by atoms with Crippen LogP contribution in [0, 0.1) is 0 Å². The molecular formula is C13H11N3O2S2. The summed E-state index contributed by atoms with van der Waals surface area (Å²) in [5.74, 6) is -0.101. The van der Waals surface area contributed by atoms with Crippen molar-refractivity contribution in [2.45, 2.75) is 10.1 Å². The second-order valence-corrected chi connectivity index (χ2v) is 7.52. The summed E-state index contributed by atoms with van der Waals surface area (Å²) in [5, 5.41) is 0. The molecule has 3 rings (SSSR count). The van der Waals surface area contributed by atoms with Crippen LogP contribution in [0.3, 0.4) is 0 Å². The van der Waals surface area contributed by atoms with Gasteiger partial charge in [-0.3, -0.25) is 4.98 Å². The number of nitrogen functional groups attached to an aromatic ring is 1. The molecule has 0 spiro atoms. The largest absolute Gasteiger partial charge is 0.399 e. The van der Waals surface area contributed by atoms with Gasteiger partial charge in [0.2, 0.25) is 14.2 Å². The number of pyridine rings is 1. The van der Waals surface area contributed by atoms with Crippen LogP contribution in [0.15, 0.2) is 47.1 Å². The van der Waals surface area contributed by atoms with Gasteiger partial charge in [-0.25, -0.2) is 13.4 Å². The lowest BCUT2D eigenvalue weighted by atomic mass is 10.3. The van der Waals surface area contributed by atoms with Crippen molar-refractivity contribution in [3.8, 4) is 0 Å². The quantitative estimate of drug-likeness (QED) is 0.750. The first kappa shape index (κ1) is 13.0. The summed E-state index contributed by atoms with van der Waals surface area (Å²) in [6, 6.07) is 8.61. The second kappa shape index (κ2) is 4.84. The number of aromatic nitrogens is 2. The molecule has 0 bridgehead atoms. The molecule has 2 heterocycles. The van der Waals surface area contributed by atoms with Crippen molar-refractivity contribution in [3.05, 3.63) is 48.3 Å². The highest BCUT2D eigenvalue weighted by molar-refractivity contribution is 7.92. The van der Waals surface area contributed by atoms with Crippen LogP contribution in [-0.2, 0) is 15.6 Å². The Labute approximate surface area is 120 Å². The number of anilines is 1. The van der Waals surface area contributed by atoms with Gasteiger partial charge in [-0.2, -0.15) is 0 Å². The van der Waals surface area contributed by atoms with Crippen molar-refractivity contribution < 1.29 is 8.42 Å². The van der Waals surface area contributed by atoms with Gasteiger partial charge in [0, 0.05) is 18.1 Å². The van der Waals surface area contributed by atoms with Crippen LogP contribution in [0.2, 0.25) is 0 Å². The highest BCUT2D eigenvalue weighted by Crippen LogP contribution is 2.28. The molecular weight excluding hydrogens is 294 g/mol. The van der Waals surface area contributed by atoms with Crippen LogP contribution in [-0.4, -0.2) is 18.4 Å². The lowest BCUT2D eigenvalue weighted by Gasteiger charge is -1.99. The summed E-state index contributed by atoms with van der Waals surface area (Å²) in [6.07, 6.45) is 3.15. The van der Waals surface area contributed by atoms with Gasteiger partial charge in [0.25, 0.3) is 0 Å². The third-order valence-corrected chi connectivity index (χ3v) is 5.90. The summed E-state index contributed by atoms with van der Waals surface area (Å²) >= 11 is 1.14. The first-order valence-corrected chi connectivity index (χ1v) is 8.29. The van der Waals surface area contributed by atoms with E-state index in [1.807, 2.05) is 0 Å². The number of fused-ring (bicyclic) bond motifs is 1. The van der Waals surface area contributed by atoms with Gasteiger partial charge in [0.05, 0.1) is 16.0 Å². The van der Waals surface area contributed by atoms with Gasteiger partial charge in [0.1, 0.15) is 0 Å². The fraction of sp³-hybridized carbons (Fsp3) is 0.0769. The molecule has 0 fully saturated rings. The molecule has 3 aromatic rings. The Morgan fingerprint density at radius 2 is 2.10 bits per heavy atom. The third-order valence-electron chi connectivity index (χ3n) is 2.74. The molecule has 0 atom stereocenters. The summed E-state index contributed by atoms with van der Waals surface area (Å²) in [6.45, 7) is 0. The third kappa shape index (κ3) is 2.50. The standard InChI is InChI=1S/C13H11N3O2S2/c14-10-3-4-11-12(6-10)19-13(16-11)20(17,18)8-9-2-1-5-15-7-9/h1-7H,8,14H2. The number of benzene rings is 1. The van der Waals surface area contributed by atoms with E-state index in [2.05, 4.69) is 9.97 Å². The Bertz CT molecular complexity index is 858. The SMILES string of the molecule is Nc1ccc2nc(S(=O)(=O)Cc3cccnc3)sc2c1. The van der Waals surface area contributed by atoms with Crippen molar-refractivity contribution >= 4 is 37.1 Å². The second-order valence-electron chi connectivity index (χ2n) is 4.33. The molecule has 7 heteroatoms. The molecule has 0 radical (unpaired) electrons. The minimum atomic E-state index is -3.46. The minimum Gasteiger partial charge on any atom is -0.399 e. The zero-order valence-electron chi connectivity index (χ0n) is 10.4. The predicted octanol–water partition coefficient (Wildman–Crippen LogP) is 2.25. The number of rotatable bonds is 3. The van der Waals surface area contributed by atoms with Crippen LogP contribution in [0.25, 0.3) is 10.2 Å². The maximum atomic E-state index is 12.3. The maximum absolute atomic E-state index is 12.3. The molecule has 20 heavy (non-hydrogen) atoms. The Kier molecular flexibility index (Phi) is 3.15. The Balaban J connectivity index is 2.01. The predicted molar refractivity (Wildman–Crippen MR) is 79.2 cm³/mol. The van der Waals surface area contributed by atoms with E-state index in [0.29, 0.717) is 16.8 Å². The van der Waals surface area contributed by atoms with E-state index >= 15 is 0 Å². The van der Waals surface area contributed by atoms with Crippen LogP contribution >= 0.6 is 11.3 Å². The molecule has 0 unspecified atom stereocenters. The van der Waals surface area contributed by atoms with Crippen molar-refractivity contribution in [1.82, 2.24) is 9.97 Å². The van der Waals surface area contributed by atoms with Gasteiger partial charge in [-0.05, 0) is 29.8 Å². The molecule has 0 aliphatic rings. The monoisotopic (exact) mass is 305 g/mol. The fourth-order valence-corrected chi connectivity index (χ4v) is 4.49. The minimum absolute atomic E-state index is 0.101. The number of nitrogens with zero attached hydrogens (tertiary/aromatic N) is 2. The fourth-order valence-electron chi connectivity index (χ4n) is 1.82. The molecule has 0 aliphatic heterocycles. The van der Waals surface area contributed by atoms with E-state index < -0.39 is 9.84 Å². The first-order chi connectivity index (χ1) is 9.54. The lowest BCUT2D eigenvalue weighted by Crippen LogP contribution is -2.04. The average molecular weight is 305 g/mol. The molecule has 102 valence electrons. The van der Waals surface area contributed by atoms with Gasteiger partial charge in [-0.15, -0.1) is 11.3 Å². The van der Waals surface area contributed by atoms with Gasteiger partial charge < -0.3 is 5.73 Å². The molecule has 2 N–H and O–H groups in total. The van der Waals surface area contributed by atoms with Crippen molar-refractivity contribution in [2.24, 2.45) is 0 Å². The van der Waals surface area contributed by atoms with E-state index in [-0.39, 0.29) is 10.1 Å². The number of nitrogens with two attached hydrogens (primary N) is 1. The molecule has 5 nitrogen and oxygen atoms in total. The summed E-state index contributed by atoms with van der Waals surface area (Å²) in [4.78, 5) is 8.10. The average Bonchev–Trinajstić information content (AvgIpc) is 2.83. The number of hydrogen-bond acceptors (Lipinski definition) is 6. The summed E-state index contributed by atoms with van der Waals surface area (Å²) in [5.41, 5.74) is 7.57. The smallest absolute Gasteiger partial charge is 0.210 e. The summed E-state index contributed by atoms with van der Waals surface area (Å²) < 4.78 is 25.6.